The largest absolute Gasteiger partial charge is 0.361 e. The van der Waals surface area contributed by atoms with Crippen LogP contribution in [0.4, 0.5) is 0 Å². The fourth-order valence-electron chi connectivity index (χ4n) is 2.52. The van der Waals surface area contributed by atoms with E-state index in [1.54, 1.807) is 0 Å². The Balaban J connectivity index is 1.97. The summed E-state index contributed by atoms with van der Waals surface area (Å²) in [7, 11) is 0. The normalized spacial score (nSPS) is 15.8. The second-order valence-corrected chi connectivity index (χ2v) is 4.81. The lowest BCUT2D eigenvalue weighted by atomic mass is 10.1. The van der Waals surface area contributed by atoms with E-state index in [0.717, 1.165) is 36.0 Å². The molecular weight excluding hydrogens is 224 g/mol. The lowest BCUT2D eigenvalue weighted by Crippen LogP contribution is -2.35. The fraction of sp³-hybridized carbons (Fsp3) is 0.267. The summed E-state index contributed by atoms with van der Waals surface area (Å²) in [4.78, 5) is 17.6. The number of amides is 1. The molecular formula is C15H16N2O. The number of carbonyl (C=O) groups excluding carboxylic acids is 1. The summed E-state index contributed by atoms with van der Waals surface area (Å²) < 4.78 is 0. The molecule has 1 aromatic carbocycles. The molecule has 2 heterocycles. The minimum absolute atomic E-state index is 0.121. The Kier molecular flexibility index (Phi) is 2.67. The number of H-pyrrole nitrogens is 1. The first-order valence-corrected chi connectivity index (χ1v) is 6.27. The van der Waals surface area contributed by atoms with E-state index in [0.29, 0.717) is 0 Å². The lowest BCUT2D eigenvalue weighted by molar-refractivity contribution is 0.0768. The van der Waals surface area contributed by atoms with Gasteiger partial charge in [0.15, 0.2) is 0 Å². The van der Waals surface area contributed by atoms with Gasteiger partial charge in [0, 0.05) is 24.7 Å². The van der Waals surface area contributed by atoms with Gasteiger partial charge in [-0.1, -0.05) is 23.8 Å². The Hall–Kier alpha value is -2.03. The first-order valence-electron chi connectivity index (χ1n) is 6.27. The maximum atomic E-state index is 12.5. The third-order valence-corrected chi connectivity index (χ3v) is 3.44. The van der Waals surface area contributed by atoms with E-state index in [1.807, 2.05) is 35.4 Å². The standard InChI is InChI=1S/C15H16N2O/c1-11-4-3-9-17(10-11)15(18)13-6-2-5-12-7-8-16-14(12)13/h2,4-8,16H,3,9-10H2,1H3. The predicted octanol–water partition coefficient (Wildman–Crippen LogP) is 2.96. The van der Waals surface area contributed by atoms with Crippen LogP contribution in [0.15, 0.2) is 42.1 Å². The van der Waals surface area contributed by atoms with Crippen LogP contribution >= 0.6 is 0 Å². The molecule has 0 fully saturated rings. The van der Waals surface area contributed by atoms with Crippen molar-refractivity contribution in [1.29, 1.82) is 0 Å². The van der Waals surface area contributed by atoms with Gasteiger partial charge in [-0.25, -0.2) is 0 Å². The molecule has 0 spiro atoms. The highest BCUT2D eigenvalue weighted by Gasteiger charge is 2.20. The molecule has 3 rings (SSSR count). The highest BCUT2D eigenvalue weighted by atomic mass is 16.2. The highest BCUT2D eigenvalue weighted by molar-refractivity contribution is 6.05. The Morgan fingerprint density at radius 1 is 1.33 bits per heavy atom. The average Bonchev–Trinajstić information content (AvgIpc) is 2.86. The number of nitrogens with one attached hydrogen (secondary N) is 1. The van der Waals surface area contributed by atoms with Crippen molar-refractivity contribution < 1.29 is 4.79 Å². The summed E-state index contributed by atoms with van der Waals surface area (Å²) in [5.74, 6) is 0.121. The average molecular weight is 240 g/mol. The number of benzene rings is 1. The van der Waals surface area contributed by atoms with Crippen molar-refractivity contribution in [3.63, 3.8) is 0 Å². The predicted molar refractivity (Wildman–Crippen MR) is 72.6 cm³/mol. The third-order valence-electron chi connectivity index (χ3n) is 3.44. The summed E-state index contributed by atoms with van der Waals surface area (Å²) >= 11 is 0. The Morgan fingerprint density at radius 3 is 3.06 bits per heavy atom. The number of rotatable bonds is 1. The molecule has 0 unspecified atom stereocenters. The fourth-order valence-corrected chi connectivity index (χ4v) is 2.52. The topological polar surface area (TPSA) is 36.1 Å². The van der Waals surface area contributed by atoms with Crippen LogP contribution in [0.3, 0.4) is 0 Å². The molecule has 0 aliphatic carbocycles. The summed E-state index contributed by atoms with van der Waals surface area (Å²) in [6, 6.07) is 7.85. The molecule has 1 aromatic heterocycles. The second kappa shape index (κ2) is 4.33. The minimum Gasteiger partial charge on any atom is -0.361 e. The van der Waals surface area contributed by atoms with E-state index in [1.165, 1.54) is 5.57 Å². The van der Waals surface area contributed by atoms with E-state index in [2.05, 4.69) is 18.0 Å². The SMILES string of the molecule is CC1=CCCN(C(=O)c2cccc3cc[nH]c23)C1. The zero-order valence-corrected chi connectivity index (χ0v) is 10.4. The number of aromatic nitrogens is 1. The van der Waals surface area contributed by atoms with Crippen LogP contribution < -0.4 is 0 Å². The van der Waals surface area contributed by atoms with Crippen LogP contribution in [0.1, 0.15) is 23.7 Å². The van der Waals surface area contributed by atoms with Crippen LogP contribution in [0, 0.1) is 0 Å². The van der Waals surface area contributed by atoms with Crippen molar-refractivity contribution in [2.24, 2.45) is 0 Å². The molecule has 3 nitrogen and oxygen atoms in total. The summed E-state index contributed by atoms with van der Waals surface area (Å²) in [6.45, 7) is 3.64. The Morgan fingerprint density at radius 2 is 2.22 bits per heavy atom. The van der Waals surface area contributed by atoms with E-state index < -0.39 is 0 Å². The number of aromatic amines is 1. The van der Waals surface area contributed by atoms with E-state index in [4.69, 9.17) is 0 Å². The third kappa shape index (κ3) is 1.82. The molecule has 92 valence electrons. The van der Waals surface area contributed by atoms with E-state index >= 15 is 0 Å². The van der Waals surface area contributed by atoms with Crippen LogP contribution in [0.25, 0.3) is 10.9 Å². The van der Waals surface area contributed by atoms with Crippen LogP contribution in [-0.4, -0.2) is 28.9 Å². The number of hydrogen-bond donors (Lipinski definition) is 1. The molecule has 18 heavy (non-hydrogen) atoms. The van der Waals surface area contributed by atoms with Crippen molar-refractivity contribution in [3.05, 3.63) is 47.7 Å². The van der Waals surface area contributed by atoms with Gasteiger partial charge in [-0.2, -0.15) is 0 Å². The number of hydrogen-bond acceptors (Lipinski definition) is 1. The second-order valence-electron chi connectivity index (χ2n) is 4.81. The molecule has 2 aromatic rings. The van der Waals surface area contributed by atoms with Crippen molar-refractivity contribution >= 4 is 16.8 Å². The van der Waals surface area contributed by atoms with Gasteiger partial charge in [0.25, 0.3) is 5.91 Å². The van der Waals surface area contributed by atoms with Crippen molar-refractivity contribution in [2.75, 3.05) is 13.1 Å². The van der Waals surface area contributed by atoms with E-state index in [-0.39, 0.29) is 5.91 Å². The van der Waals surface area contributed by atoms with Crippen molar-refractivity contribution in [3.8, 4) is 0 Å². The first-order chi connectivity index (χ1) is 8.75. The van der Waals surface area contributed by atoms with Crippen molar-refractivity contribution in [1.82, 2.24) is 9.88 Å². The molecule has 1 N–H and O–H groups in total. The van der Waals surface area contributed by atoms with Gasteiger partial charge in [-0.05, 0) is 25.5 Å². The molecule has 0 atom stereocenters. The van der Waals surface area contributed by atoms with Gasteiger partial charge in [0.1, 0.15) is 0 Å². The molecule has 1 aliphatic heterocycles. The lowest BCUT2D eigenvalue weighted by Gasteiger charge is -2.26. The van der Waals surface area contributed by atoms with Gasteiger partial charge in [0.2, 0.25) is 0 Å². The van der Waals surface area contributed by atoms with Crippen LogP contribution in [0.2, 0.25) is 0 Å². The summed E-state index contributed by atoms with van der Waals surface area (Å²) in [5, 5.41) is 1.09. The smallest absolute Gasteiger partial charge is 0.256 e. The molecule has 1 amide bonds. The van der Waals surface area contributed by atoms with Gasteiger partial charge in [-0.3, -0.25) is 4.79 Å². The molecule has 0 saturated heterocycles. The van der Waals surface area contributed by atoms with Crippen LogP contribution in [0.5, 0.6) is 0 Å². The summed E-state index contributed by atoms with van der Waals surface area (Å²) in [5.41, 5.74) is 2.98. The van der Waals surface area contributed by atoms with E-state index in [9.17, 15) is 4.79 Å². The number of carbonyl (C=O) groups is 1. The molecule has 1 aliphatic rings. The van der Waals surface area contributed by atoms with Crippen LogP contribution in [-0.2, 0) is 0 Å². The number of fused-ring (bicyclic) bond motifs is 1. The Bertz CT molecular complexity index is 624. The first kappa shape index (κ1) is 11.1. The van der Waals surface area contributed by atoms with Gasteiger partial charge in [-0.15, -0.1) is 0 Å². The summed E-state index contributed by atoms with van der Waals surface area (Å²) in [6.07, 6.45) is 5.04. The monoisotopic (exact) mass is 240 g/mol. The van der Waals surface area contributed by atoms with Gasteiger partial charge in [0.05, 0.1) is 11.1 Å². The van der Waals surface area contributed by atoms with Gasteiger partial charge >= 0.3 is 0 Å². The zero-order valence-electron chi connectivity index (χ0n) is 10.4. The number of nitrogens with zero attached hydrogens (tertiary/aromatic N) is 1. The van der Waals surface area contributed by atoms with Gasteiger partial charge < -0.3 is 9.88 Å². The molecule has 3 heteroatoms. The highest BCUT2D eigenvalue weighted by Crippen LogP contribution is 2.20. The quantitative estimate of drug-likeness (QED) is 0.764. The number of para-hydroxylation sites is 1. The molecule has 0 bridgehead atoms. The molecule has 0 saturated carbocycles. The minimum atomic E-state index is 0.121. The molecule has 0 radical (unpaired) electrons. The Labute approximate surface area is 106 Å². The maximum absolute atomic E-state index is 12.5. The van der Waals surface area contributed by atoms with Crippen molar-refractivity contribution in [2.45, 2.75) is 13.3 Å². The zero-order chi connectivity index (χ0) is 12.5. The maximum Gasteiger partial charge on any atom is 0.256 e.